The lowest BCUT2D eigenvalue weighted by Gasteiger charge is -2.32. The van der Waals surface area contributed by atoms with Crippen LogP contribution in [-0.2, 0) is 14.3 Å². The zero-order chi connectivity index (χ0) is 17.6. The zero-order valence-electron chi connectivity index (χ0n) is 14.7. The van der Waals surface area contributed by atoms with Crippen LogP contribution < -0.4 is 10.6 Å². The van der Waals surface area contributed by atoms with Crippen molar-refractivity contribution < 1.29 is 14.3 Å². The number of nitrogens with zero attached hydrogens (tertiary/aromatic N) is 1. The Morgan fingerprint density at radius 1 is 1.21 bits per heavy atom. The van der Waals surface area contributed by atoms with Gasteiger partial charge in [-0.25, -0.2) is 0 Å². The van der Waals surface area contributed by atoms with Crippen LogP contribution in [0.2, 0.25) is 0 Å². The van der Waals surface area contributed by atoms with Gasteiger partial charge in [0.15, 0.2) is 0 Å². The summed E-state index contributed by atoms with van der Waals surface area (Å²) in [5.74, 6) is -0.232. The summed E-state index contributed by atoms with van der Waals surface area (Å²) in [7, 11) is 0. The second kappa shape index (κ2) is 8.15. The van der Waals surface area contributed by atoms with Gasteiger partial charge in [0, 0.05) is 18.8 Å². The quantitative estimate of drug-likeness (QED) is 0.830. The molecule has 0 radical (unpaired) electrons. The average Bonchev–Trinajstić information content (AvgIpc) is 2.60. The van der Waals surface area contributed by atoms with E-state index in [1.165, 1.54) is 0 Å². The van der Waals surface area contributed by atoms with E-state index in [-0.39, 0.29) is 11.8 Å². The van der Waals surface area contributed by atoms with Crippen molar-refractivity contribution >= 4 is 17.5 Å². The van der Waals surface area contributed by atoms with E-state index in [2.05, 4.69) is 10.6 Å². The van der Waals surface area contributed by atoms with Crippen molar-refractivity contribution in [2.45, 2.75) is 38.8 Å². The maximum atomic E-state index is 12.7. The number of carbonyl (C=O) groups excluding carboxylic acids is 2. The molecule has 1 atom stereocenters. The Bertz CT molecular complexity index is 554. The van der Waals surface area contributed by atoms with Gasteiger partial charge in [-0.15, -0.1) is 0 Å². The Morgan fingerprint density at radius 3 is 2.42 bits per heavy atom. The van der Waals surface area contributed by atoms with Gasteiger partial charge in [0.2, 0.25) is 11.8 Å². The summed E-state index contributed by atoms with van der Waals surface area (Å²) in [4.78, 5) is 27.0. The van der Waals surface area contributed by atoms with Gasteiger partial charge in [-0.1, -0.05) is 25.1 Å². The monoisotopic (exact) mass is 333 g/mol. The predicted octanol–water partition coefficient (Wildman–Crippen LogP) is 1.63. The number of morpholine rings is 1. The molecule has 2 amide bonds. The summed E-state index contributed by atoms with van der Waals surface area (Å²) in [6, 6.07) is 9.05. The number of ether oxygens (including phenoxy) is 1. The molecule has 1 aromatic carbocycles. The highest BCUT2D eigenvalue weighted by Crippen LogP contribution is 2.15. The summed E-state index contributed by atoms with van der Waals surface area (Å²) in [5, 5.41) is 6.10. The first kappa shape index (κ1) is 18.3. The van der Waals surface area contributed by atoms with E-state index in [0.717, 1.165) is 5.69 Å². The third-order valence-electron chi connectivity index (χ3n) is 4.13. The molecule has 0 bridgehead atoms. The minimum absolute atomic E-state index is 0.0374. The Balaban J connectivity index is 1.98. The van der Waals surface area contributed by atoms with E-state index >= 15 is 0 Å². The van der Waals surface area contributed by atoms with Crippen molar-refractivity contribution in [2.75, 3.05) is 31.6 Å². The van der Waals surface area contributed by atoms with E-state index in [1.54, 1.807) is 18.7 Å². The van der Waals surface area contributed by atoms with E-state index < -0.39 is 11.6 Å². The van der Waals surface area contributed by atoms with E-state index in [9.17, 15) is 9.59 Å². The fourth-order valence-corrected chi connectivity index (χ4v) is 2.62. The lowest BCUT2D eigenvalue weighted by molar-refractivity contribution is -0.140. The maximum absolute atomic E-state index is 12.7. The number of hydrogen-bond donors (Lipinski definition) is 2. The molecule has 1 aromatic rings. The van der Waals surface area contributed by atoms with Crippen molar-refractivity contribution in [3.8, 4) is 0 Å². The highest BCUT2D eigenvalue weighted by Gasteiger charge is 2.32. The Labute approximate surface area is 143 Å². The summed E-state index contributed by atoms with van der Waals surface area (Å²) in [6.45, 7) is 7.78. The Kier molecular flexibility index (Phi) is 6.20. The van der Waals surface area contributed by atoms with Gasteiger partial charge in [0.1, 0.15) is 11.6 Å². The van der Waals surface area contributed by atoms with Crippen molar-refractivity contribution in [2.24, 2.45) is 0 Å². The number of carbonyl (C=O) groups is 2. The fourth-order valence-electron chi connectivity index (χ4n) is 2.62. The number of hydrogen-bond acceptors (Lipinski definition) is 4. The lowest BCUT2D eigenvalue weighted by Crippen LogP contribution is -2.56. The zero-order valence-corrected chi connectivity index (χ0v) is 14.7. The molecular formula is C18H27N3O3. The highest BCUT2D eigenvalue weighted by atomic mass is 16.5. The first-order valence-corrected chi connectivity index (χ1v) is 8.45. The van der Waals surface area contributed by atoms with Gasteiger partial charge in [-0.3, -0.25) is 9.59 Å². The van der Waals surface area contributed by atoms with Gasteiger partial charge in [0.25, 0.3) is 0 Å². The number of nitrogens with one attached hydrogen (secondary N) is 2. The summed E-state index contributed by atoms with van der Waals surface area (Å²) >= 11 is 0. The molecule has 0 saturated carbocycles. The molecule has 24 heavy (non-hydrogen) atoms. The first-order chi connectivity index (χ1) is 11.4. The van der Waals surface area contributed by atoms with Crippen LogP contribution in [0, 0.1) is 0 Å². The van der Waals surface area contributed by atoms with Crippen molar-refractivity contribution in [1.29, 1.82) is 0 Å². The van der Waals surface area contributed by atoms with Gasteiger partial charge >= 0.3 is 0 Å². The molecule has 2 N–H and O–H groups in total. The first-order valence-electron chi connectivity index (χ1n) is 8.45. The number of amides is 2. The molecule has 1 saturated heterocycles. The van der Waals surface area contributed by atoms with Crippen LogP contribution in [0.3, 0.4) is 0 Å². The van der Waals surface area contributed by atoms with Crippen LogP contribution in [0.25, 0.3) is 0 Å². The third-order valence-corrected chi connectivity index (χ3v) is 4.13. The minimum Gasteiger partial charge on any atom is -0.378 e. The molecule has 6 nitrogen and oxygen atoms in total. The van der Waals surface area contributed by atoms with Crippen LogP contribution in [0.1, 0.15) is 27.2 Å². The molecule has 0 aliphatic carbocycles. The molecule has 1 aliphatic heterocycles. The molecule has 1 aliphatic rings. The standard InChI is InChI=1S/C18H27N3O3/c1-4-15(16(22)21-10-12-24-13-11-21)19-17(23)18(2,3)20-14-8-6-5-7-9-14/h5-9,15,20H,4,10-13H2,1-3H3,(H,19,23). The van der Waals surface area contributed by atoms with Crippen LogP contribution >= 0.6 is 0 Å². The van der Waals surface area contributed by atoms with Gasteiger partial charge in [-0.05, 0) is 32.4 Å². The average molecular weight is 333 g/mol. The van der Waals surface area contributed by atoms with Gasteiger partial charge in [0.05, 0.1) is 13.2 Å². The van der Waals surface area contributed by atoms with Gasteiger partial charge < -0.3 is 20.3 Å². The van der Waals surface area contributed by atoms with Crippen LogP contribution in [-0.4, -0.2) is 54.6 Å². The Morgan fingerprint density at radius 2 is 1.83 bits per heavy atom. The second-order valence-corrected chi connectivity index (χ2v) is 6.49. The largest absolute Gasteiger partial charge is 0.378 e. The molecule has 132 valence electrons. The van der Waals surface area contributed by atoms with Crippen molar-refractivity contribution in [3.05, 3.63) is 30.3 Å². The molecule has 0 aromatic heterocycles. The molecule has 6 heteroatoms. The number of para-hydroxylation sites is 1. The predicted molar refractivity (Wildman–Crippen MR) is 93.8 cm³/mol. The summed E-state index contributed by atoms with van der Waals surface area (Å²) < 4.78 is 5.27. The summed E-state index contributed by atoms with van der Waals surface area (Å²) in [5.41, 5.74) is 0.0465. The van der Waals surface area contributed by atoms with E-state index in [4.69, 9.17) is 4.74 Å². The smallest absolute Gasteiger partial charge is 0.245 e. The molecule has 2 rings (SSSR count). The van der Waals surface area contributed by atoms with Crippen molar-refractivity contribution in [3.63, 3.8) is 0 Å². The second-order valence-electron chi connectivity index (χ2n) is 6.49. The van der Waals surface area contributed by atoms with E-state index in [0.29, 0.717) is 32.7 Å². The number of benzene rings is 1. The molecule has 0 spiro atoms. The third kappa shape index (κ3) is 4.71. The van der Waals surface area contributed by atoms with Crippen LogP contribution in [0.4, 0.5) is 5.69 Å². The molecule has 1 unspecified atom stereocenters. The normalized spacial score (nSPS) is 16.4. The lowest BCUT2D eigenvalue weighted by atomic mass is 10.0. The SMILES string of the molecule is CCC(NC(=O)C(C)(C)Nc1ccccc1)C(=O)N1CCOCC1. The maximum Gasteiger partial charge on any atom is 0.245 e. The summed E-state index contributed by atoms with van der Waals surface area (Å²) in [6.07, 6.45) is 0.559. The highest BCUT2D eigenvalue weighted by molar-refractivity contribution is 5.93. The van der Waals surface area contributed by atoms with Crippen LogP contribution in [0.5, 0.6) is 0 Å². The van der Waals surface area contributed by atoms with Gasteiger partial charge in [-0.2, -0.15) is 0 Å². The topological polar surface area (TPSA) is 70.7 Å². The fraction of sp³-hybridized carbons (Fsp3) is 0.556. The number of anilines is 1. The number of rotatable bonds is 6. The molecule has 1 heterocycles. The minimum atomic E-state index is -0.819. The van der Waals surface area contributed by atoms with E-state index in [1.807, 2.05) is 37.3 Å². The molecule has 1 fully saturated rings. The molecular weight excluding hydrogens is 306 g/mol. The van der Waals surface area contributed by atoms with Crippen molar-refractivity contribution in [1.82, 2.24) is 10.2 Å². The Hall–Kier alpha value is -2.08. The van der Waals surface area contributed by atoms with Crippen LogP contribution in [0.15, 0.2) is 30.3 Å².